The number of nitrogens with zero attached hydrogens (tertiary/aromatic N) is 3. The van der Waals surface area contributed by atoms with Gasteiger partial charge in [-0.15, -0.1) is 0 Å². The fourth-order valence-electron chi connectivity index (χ4n) is 2.84. The van der Waals surface area contributed by atoms with E-state index in [1.807, 2.05) is 30.5 Å². The van der Waals surface area contributed by atoms with E-state index in [0.29, 0.717) is 11.5 Å². The molecule has 2 aromatic heterocycles. The van der Waals surface area contributed by atoms with E-state index in [-0.39, 0.29) is 17.8 Å². The zero-order valence-electron chi connectivity index (χ0n) is 11.7. The van der Waals surface area contributed by atoms with Gasteiger partial charge in [0.05, 0.1) is 0 Å². The zero-order valence-corrected chi connectivity index (χ0v) is 11.7. The van der Waals surface area contributed by atoms with Gasteiger partial charge in [0.25, 0.3) is 0 Å². The fourth-order valence-corrected chi connectivity index (χ4v) is 2.84. The van der Waals surface area contributed by atoms with Crippen LogP contribution >= 0.6 is 0 Å². The van der Waals surface area contributed by atoms with Crippen LogP contribution in [0.5, 0.6) is 0 Å². The molecule has 0 amide bonds. The number of nitrogens with one attached hydrogen (secondary N) is 1. The number of aromatic nitrogens is 2. The summed E-state index contributed by atoms with van der Waals surface area (Å²) in [4.78, 5) is 4.46. The summed E-state index contributed by atoms with van der Waals surface area (Å²) in [6, 6.07) is 14.7. The second-order valence-electron chi connectivity index (χ2n) is 5.50. The lowest BCUT2D eigenvalue weighted by Crippen LogP contribution is -2.06. The Morgan fingerprint density at radius 1 is 1.27 bits per heavy atom. The molecule has 2 atom stereocenters. The van der Waals surface area contributed by atoms with Gasteiger partial charge in [-0.05, 0) is 36.2 Å². The Bertz CT molecular complexity index is 893. The molecule has 1 aliphatic carbocycles. The number of rotatable bonds is 3. The van der Waals surface area contributed by atoms with Crippen LogP contribution in [0, 0.1) is 17.1 Å². The summed E-state index contributed by atoms with van der Waals surface area (Å²) in [7, 11) is 0. The molecule has 3 aromatic rings. The van der Waals surface area contributed by atoms with Crippen molar-refractivity contribution in [1.82, 2.24) is 9.38 Å². The van der Waals surface area contributed by atoms with E-state index < -0.39 is 0 Å². The highest BCUT2D eigenvalue weighted by atomic mass is 19.1. The van der Waals surface area contributed by atoms with Gasteiger partial charge in [0.2, 0.25) is 0 Å². The molecule has 0 saturated heterocycles. The lowest BCUT2D eigenvalue weighted by molar-refractivity contribution is 0.625. The van der Waals surface area contributed by atoms with Crippen molar-refractivity contribution in [2.24, 2.45) is 0 Å². The highest BCUT2D eigenvalue weighted by molar-refractivity contribution is 5.60. The Morgan fingerprint density at radius 3 is 3.00 bits per heavy atom. The van der Waals surface area contributed by atoms with Crippen LogP contribution in [0.25, 0.3) is 5.65 Å². The first-order valence-corrected chi connectivity index (χ1v) is 7.15. The molecule has 2 heterocycles. The molecule has 1 fully saturated rings. The molecular formula is C17H13FN4. The number of hydrogen-bond donors (Lipinski definition) is 1. The first-order chi connectivity index (χ1) is 10.8. The third-order valence-electron chi connectivity index (χ3n) is 4.03. The Labute approximate surface area is 126 Å². The molecule has 1 aliphatic rings. The summed E-state index contributed by atoms with van der Waals surface area (Å²) in [5, 5.41) is 12.7. The molecule has 0 unspecified atom stereocenters. The summed E-state index contributed by atoms with van der Waals surface area (Å²) in [6.07, 6.45) is 2.74. The first kappa shape index (κ1) is 12.8. The molecule has 0 bridgehead atoms. The molecule has 22 heavy (non-hydrogen) atoms. The maximum atomic E-state index is 13.3. The predicted molar refractivity (Wildman–Crippen MR) is 81.1 cm³/mol. The van der Waals surface area contributed by atoms with Crippen LogP contribution in [0.4, 0.5) is 10.2 Å². The molecular weight excluding hydrogens is 279 g/mol. The number of nitriles is 1. The van der Waals surface area contributed by atoms with Crippen molar-refractivity contribution in [3.63, 3.8) is 0 Å². The molecule has 0 spiro atoms. The quantitative estimate of drug-likeness (QED) is 0.805. The van der Waals surface area contributed by atoms with Gasteiger partial charge in [-0.25, -0.2) is 9.37 Å². The van der Waals surface area contributed by atoms with Crippen LogP contribution in [0.1, 0.15) is 23.6 Å². The Hall–Kier alpha value is -2.87. The van der Waals surface area contributed by atoms with E-state index in [0.717, 1.165) is 17.6 Å². The van der Waals surface area contributed by atoms with E-state index in [4.69, 9.17) is 0 Å². The molecule has 1 N–H and O–H groups in total. The van der Waals surface area contributed by atoms with Gasteiger partial charge < -0.3 is 5.32 Å². The summed E-state index contributed by atoms with van der Waals surface area (Å²) < 4.78 is 15.1. The van der Waals surface area contributed by atoms with E-state index in [2.05, 4.69) is 16.4 Å². The van der Waals surface area contributed by atoms with Crippen LogP contribution in [0.3, 0.4) is 0 Å². The highest BCUT2D eigenvalue weighted by Gasteiger charge is 2.39. The van der Waals surface area contributed by atoms with Gasteiger partial charge in [-0.1, -0.05) is 18.2 Å². The van der Waals surface area contributed by atoms with Crippen LogP contribution in [0.2, 0.25) is 0 Å². The second kappa shape index (κ2) is 4.85. The van der Waals surface area contributed by atoms with Gasteiger partial charge in [0.15, 0.2) is 11.5 Å². The topological polar surface area (TPSA) is 53.1 Å². The van der Waals surface area contributed by atoms with E-state index in [9.17, 15) is 9.65 Å². The molecule has 108 valence electrons. The number of pyridine rings is 1. The number of fused-ring (bicyclic) bond motifs is 1. The maximum Gasteiger partial charge on any atom is 0.168 e. The smallest absolute Gasteiger partial charge is 0.168 e. The summed E-state index contributed by atoms with van der Waals surface area (Å²) in [5.74, 6) is 0.651. The van der Waals surface area contributed by atoms with Gasteiger partial charge >= 0.3 is 0 Å². The molecule has 1 saturated carbocycles. The third kappa shape index (κ3) is 2.09. The monoisotopic (exact) mass is 292 g/mol. The molecule has 4 nitrogen and oxygen atoms in total. The Kier molecular flexibility index (Phi) is 2.83. The average molecular weight is 292 g/mol. The van der Waals surface area contributed by atoms with Crippen molar-refractivity contribution < 1.29 is 4.39 Å². The first-order valence-electron chi connectivity index (χ1n) is 7.15. The minimum Gasteiger partial charge on any atom is -0.364 e. The third-order valence-corrected chi connectivity index (χ3v) is 4.03. The van der Waals surface area contributed by atoms with E-state index >= 15 is 0 Å². The predicted octanol–water partition coefficient (Wildman–Crippen LogP) is 3.31. The largest absolute Gasteiger partial charge is 0.364 e. The average Bonchev–Trinajstić information content (AvgIpc) is 3.20. The number of halogens is 1. The lowest BCUT2D eigenvalue weighted by atomic mass is 10.1. The van der Waals surface area contributed by atoms with Gasteiger partial charge in [0.1, 0.15) is 17.5 Å². The second-order valence-corrected chi connectivity index (χ2v) is 5.50. The maximum absolute atomic E-state index is 13.3. The van der Waals surface area contributed by atoms with E-state index in [1.165, 1.54) is 6.07 Å². The lowest BCUT2D eigenvalue weighted by Gasteiger charge is -2.03. The molecule has 5 heteroatoms. The van der Waals surface area contributed by atoms with Crippen molar-refractivity contribution in [2.75, 3.05) is 5.32 Å². The van der Waals surface area contributed by atoms with E-state index in [1.54, 1.807) is 16.5 Å². The van der Waals surface area contributed by atoms with Crippen molar-refractivity contribution in [1.29, 1.82) is 5.26 Å². The van der Waals surface area contributed by atoms with Crippen LogP contribution in [-0.4, -0.2) is 15.4 Å². The van der Waals surface area contributed by atoms with Gasteiger partial charge in [-0.2, -0.15) is 5.26 Å². The Morgan fingerprint density at radius 2 is 2.18 bits per heavy atom. The number of imidazole rings is 1. The number of hydrogen-bond acceptors (Lipinski definition) is 3. The van der Waals surface area contributed by atoms with Crippen molar-refractivity contribution in [3.05, 3.63) is 65.7 Å². The van der Waals surface area contributed by atoms with Crippen molar-refractivity contribution >= 4 is 11.5 Å². The molecule has 1 aromatic carbocycles. The van der Waals surface area contributed by atoms with Gasteiger partial charge in [0, 0.05) is 18.2 Å². The van der Waals surface area contributed by atoms with Crippen LogP contribution in [-0.2, 0) is 0 Å². The molecule has 4 rings (SSSR count). The summed E-state index contributed by atoms with van der Waals surface area (Å²) >= 11 is 0. The van der Waals surface area contributed by atoms with Crippen LogP contribution < -0.4 is 5.32 Å². The minimum absolute atomic E-state index is 0.193. The van der Waals surface area contributed by atoms with Crippen molar-refractivity contribution in [2.45, 2.75) is 18.4 Å². The zero-order chi connectivity index (χ0) is 15.1. The number of benzene rings is 1. The SMILES string of the molecule is N#Cc1c(N[C@@H]2C[C@H]2c2cccc(F)c2)nc2ccccn12. The van der Waals surface area contributed by atoms with Gasteiger partial charge in [-0.3, -0.25) is 4.40 Å². The fraction of sp³-hybridized carbons (Fsp3) is 0.176. The standard InChI is InChI=1S/C17H13FN4/c18-12-5-3-4-11(8-12)13-9-14(13)20-17-15(10-19)22-7-2-1-6-16(22)21-17/h1-8,13-14,20H,9H2/t13-,14+/m0/s1. The summed E-state index contributed by atoms with van der Waals surface area (Å²) in [5.41, 5.74) is 2.23. The number of anilines is 1. The van der Waals surface area contributed by atoms with Crippen molar-refractivity contribution in [3.8, 4) is 6.07 Å². The normalized spacial score (nSPS) is 19.8. The molecule has 0 aliphatic heterocycles. The molecule has 0 radical (unpaired) electrons. The van der Waals surface area contributed by atoms with Crippen LogP contribution in [0.15, 0.2) is 48.7 Å². The Balaban J connectivity index is 1.60. The highest BCUT2D eigenvalue weighted by Crippen LogP contribution is 2.43. The minimum atomic E-state index is -0.214. The summed E-state index contributed by atoms with van der Waals surface area (Å²) in [6.45, 7) is 0.